The van der Waals surface area contributed by atoms with Gasteiger partial charge in [0.1, 0.15) is 0 Å². The largest absolute Gasteiger partial charge is 0.416 e. The SMILES string of the molecule is CC(C)NCC1CCN(C)C1c1ccccc1C(F)(F)F. The smallest absolute Gasteiger partial charge is 0.314 e. The lowest BCUT2D eigenvalue weighted by molar-refractivity contribution is -0.138. The van der Waals surface area contributed by atoms with Gasteiger partial charge in [-0.25, -0.2) is 0 Å². The molecule has 0 spiro atoms. The second kappa shape index (κ2) is 6.36. The van der Waals surface area contributed by atoms with E-state index in [2.05, 4.69) is 19.2 Å². The van der Waals surface area contributed by atoms with Gasteiger partial charge in [0.25, 0.3) is 0 Å². The zero-order valence-electron chi connectivity index (χ0n) is 12.7. The number of halogens is 3. The van der Waals surface area contributed by atoms with Crippen molar-refractivity contribution in [3.63, 3.8) is 0 Å². The second-order valence-corrected chi connectivity index (χ2v) is 6.12. The van der Waals surface area contributed by atoms with Crippen LogP contribution in [-0.4, -0.2) is 31.1 Å². The molecule has 2 atom stereocenters. The third-order valence-electron chi connectivity index (χ3n) is 4.15. The van der Waals surface area contributed by atoms with Gasteiger partial charge in [-0.15, -0.1) is 0 Å². The number of nitrogens with one attached hydrogen (secondary N) is 1. The van der Waals surface area contributed by atoms with Crippen LogP contribution < -0.4 is 5.32 Å². The number of likely N-dealkylation sites (tertiary alicyclic amines) is 1. The van der Waals surface area contributed by atoms with Gasteiger partial charge in [-0.3, -0.25) is 4.90 Å². The maximum absolute atomic E-state index is 13.2. The minimum atomic E-state index is -4.30. The Labute approximate surface area is 124 Å². The summed E-state index contributed by atoms with van der Waals surface area (Å²) in [6, 6.07) is 6.14. The van der Waals surface area contributed by atoms with Gasteiger partial charge in [0, 0.05) is 18.6 Å². The fourth-order valence-electron chi connectivity index (χ4n) is 3.13. The minimum absolute atomic E-state index is 0.172. The summed E-state index contributed by atoms with van der Waals surface area (Å²) < 4.78 is 39.7. The van der Waals surface area contributed by atoms with E-state index in [0.717, 1.165) is 19.5 Å². The monoisotopic (exact) mass is 300 g/mol. The zero-order chi connectivity index (χ0) is 15.6. The summed E-state index contributed by atoms with van der Waals surface area (Å²) in [6.45, 7) is 5.69. The first kappa shape index (κ1) is 16.3. The van der Waals surface area contributed by atoms with Crippen molar-refractivity contribution in [2.24, 2.45) is 5.92 Å². The molecule has 1 aromatic rings. The molecule has 0 bridgehead atoms. The van der Waals surface area contributed by atoms with Gasteiger partial charge in [0.15, 0.2) is 0 Å². The molecule has 1 N–H and O–H groups in total. The van der Waals surface area contributed by atoms with Crippen LogP contribution in [0.4, 0.5) is 13.2 Å². The number of hydrogen-bond donors (Lipinski definition) is 1. The van der Waals surface area contributed by atoms with Crippen molar-refractivity contribution in [1.82, 2.24) is 10.2 Å². The molecule has 1 saturated heterocycles. The highest BCUT2D eigenvalue weighted by Crippen LogP contribution is 2.42. The molecule has 2 nitrogen and oxygen atoms in total. The molecule has 1 aliphatic rings. The molecule has 2 rings (SSSR count). The van der Waals surface area contributed by atoms with E-state index in [1.54, 1.807) is 12.1 Å². The van der Waals surface area contributed by atoms with Gasteiger partial charge in [-0.2, -0.15) is 13.2 Å². The number of alkyl halides is 3. The molecule has 1 aliphatic heterocycles. The molecule has 2 unspecified atom stereocenters. The molecule has 0 aromatic heterocycles. The van der Waals surface area contributed by atoms with Crippen LogP contribution in [0.3, 0.4) is 0 Å². The predicted octanol–water partition coefficient (Wildman–Crippen LogP) is 3.70. The van der Waals surface area contributed by atoms with Crippen LogP contribution in [0.5, 0.6) is 0 Å². The lowest BCUT2D eigenvalue weighted by Crippen LogP contribution is -2.33. The lowest BCUT2D eigenvalue weighted by Gasteiger charge is -2.28. The average molecular weight is 300 g/mol. The number of hydrogen-bond acceptors (Lipinski definition) is 2. The van der Waals surface area contributed by atoms with E-state index < -0.39 is 11.7 Å². The minimum Gasteiger partial charge on any atom is -0.314 e. The molecule has 21 heavy (non-hydrogen) atoms. The van der Waals surface area contributed by atoms with Gasteiger partial charge < -0.3 is 5.32 Å². The number of rotatable bonds is 4. The topological polar surface area (TPSA) is 15.3 Å². The molecule has 1 heterocycles. The van der Waals surface area contributed by atoms with Crippen LogP contribution in [0.15, 0.2) is 24.3 Å². The third-order valence-corrected chi connectivity index (χ3v) is 4.15. The van der Waals surface area contributed by atoms with Crippen molar-refractivity contribution >= 4 is 0 Å². The van der Waals surface area contributed by atoms with Crippen molar-refractivity contribution in [2.75, 3.05) is 20.1 Å². The summed E-state index contributed by atoms with van der Waals surface area (Å²) in [5.41, 5.74) is -0.0983. The van der Waals surface area contributed by atoms with Crippen molar-refractivity contribution in [3.8, 4) is 0 Å². The molecule has 1 aromatic carbocycles. The normalized spacial score (nSPS) is 24.0. The molecular weight excluding hydrogens is 277 g/mol. The van der Waals surface area contributed by atoms with Crippen molar-refractivity contribution in [1.29, 1.82) is 0 Å². The highest BCUT2D eigenvalue weighted by atomic mass is 19.4. The lowest BCUT2D eigenvalue weighted by atomic mass is 9.90. The maximum atomic E-state index is 13.2. The molecular formula is C16H23F3N2. The van der Waals surface area contributed by atoms with Gasteiger partial charge in [-0.1, -0.05) is 32.0 Å². The summed E-state index contributed by atoms with van der Waals surface area (Å²) in [4.78, 5) is 2.04. The Morgan fingerprint density at radius 2 is 1.95 bits per heavy atom. The highest BCUT2D eigenvalue weighted by molar-refractivity contribution is 5.33. The van der Waals surface area contributed by atoms with Crippen LogP contribution in [0.1, 0.15) is 37.4 Å². The molecule has 0 saturated carbocycles. The number of benzene rings is 1. The van der Waals surface area contributed by atoms with E-state index >= 15 is 0 Å². The van der Waals surface area contributed by atoms with Crippen molar-refractivity contribution in [3.05, 3.63) is 35.4 Å². The van der Waals surface area contributed by atoms with E-state index in [1.165, 1.54) is 12.1 Å². The van der Waals surface area contributed by atoms with E-state index in [0.29, 0.717) is 11.6 Å². The first-order valence-electron chi connectivity index (χ1n) is 7.40. The average Bonchev–Trinajstić information content (AvgIpc) is 2.76. The second-order valence-electron chi connectivity index (χ2n) is 6.12. The Kier molecular flexibility index (Phi) is 4.94. The Hall–Kier alpha value is -1.07. The summed E-state index contributed by atoms with van der Waals surface area (Å²) >= 11 is 0. The predicted molar refractivity (Wildman–Crippen MR) is 78.1 cm³/mol. The summed E-state index contributed by atoms with van der Waals surface area (Å²) in [5, 5.41) is 3.36. The van der Waals surface area contributed by atoms with Gasteiger partial charge >= 0.3 is 6.18 Å². The van der Waals surface area contributed by atoms with E-state index in [1.807, 2.05) is 11.9 Å². The molecule has 0 amide bonds. The standard InChI is InChI=1S/C16H23F3N2/c1-11(2)20-10-12-8-9-21(3)15(12)13-6-4-5-7-14(13)16(17,18)19/h4-7,11-12,15,20H,8-10H2,1-3H3. The van der Waals surface area contributed by atoms with E-state index in [4.69, 9.17) is 0 Å². The van der Waals surface area contributed by atoms with Crippen LogP contribution in [0, 0.1) is 5.92 Å². The van der Waals surface area contributed by atoms with Gasteiger partial charge in [-0.05, 0) is 37.6 Å². The van der Waals surface area contributed by atoms with Crippen LogP contribution in [-0.2, 0) is 6.18 Å². The first-order chi connectivity index (χ1) is 9.80. The molecule has 5 heteroatoms. The quantitative estimate of drug-likeness (QED) is 0.912. The van der Waals surface area contributed by atoms with Crippen LogP contribution >= 0.6 is 0 Å². The molecule has 118 valence electrons. The van der Waals surface area contributed by atoms with Crippen LogP contribution in [0.25, 0.3) is 0 Å². The Morgan fingerprint density at radius 1 is 1.29 bits per heavy atom. The van der Waals surface area contributed by atoms with Crippen LogP contribution in [0.2, 0.25) is 0 Å². The molecule has 0 radical (unpaired) electrons. The zero-order valence-corrected chi connectivity index (χ0v) is 12.7. The summed E-state index contributed by atoms with van der Waals surface area (Å²) in [6.07, 6.45) is -3.37. The van der Waals surface area contributed by atoms with Crippen molar-refractivity contribution < 1.29 is 13.2 Å². The Balaban J connectivity index is 2.30. The van der Waals surface area contributed by atoms with Crippen molar-refractivity contribution in [2.45, 2.75) is 38.5 Å². The first-order valence-corrected chi connectivity index (χ1v) is 7.40. The third kappa shape index (κ3) is 3.77. The maximum Gasteiger partial charge on any atom is 0.416 e. The Bertz CT molecular complexity index is 471. The summed E-state index contributed by atoms with van der Waals surface area (Å²) in [5.74, 6) is 0.209. The summed E-state index contributed by atoms with van der Waals surface area (Å²) in [7, 11) is 1.91. The highest BCUT2D eigenvalue weighted by Gasteiger charge is 2.40. The van der Waals surface area contributed by atoms with Gasteiger partial charge in [0.2, 0.25) is 0 Å². The van der Waals surface area contributed by atoms with E-state index in [9.17, 15) is 13.2 Å². The molecule has 1 fully saturated rings. The Morgan fingerprint density at radius 3 is 2.57 bits per heavy atom. The molecule has 0 aliphatic carbocycles. The van der Waals surface area contributed by atoms with E-state index in [-0.39, 0.29) is 12.0 Å². The fourth-order valence-corrected chi connectivity index (χ4v) is 3.13. The number of nitrogens with zero attached hydrogens (tertiary/aromatic N) is 1. The fraction of sp³-hybridized carbons (Fsp3) is 0.625. The van der Waals surface area contributed by atoms with Gasteiger partial charge in [0.05, 0.1) is 5.56 Å².